The Hall–Kier alpha value is -0.120. The van der Waals surface area contributed by atoms with E-state index in [-0.39, 0.29) is 6.10 Å². The Balaban J connectivity index is 2.97. The fourth-order valence-electron chi connectivity index (χ4n) is 0.792. The van der Waals surface area contributed by atoms with Gasteiger partial charge in [0.15, 0.2) is 0 Å². The Kier molecular flexibility index (Phi) is 7.89. The van der Waals surface area contributed by atoms with Crippen LogP contribution < -0.4 is 5.32 Å². The van der Waals surface area contributed by atoms with Gasteiger partial charge in [0.25, 0.3) is 0 Å². The molecule has 0 heterocycles. The second kappa shape index (κ2) is 7.98. The molecule has 0 rings (SSSR count). The van der Waals surface area contributed by atoms with Gasteiger partial charge in [-0.2, -0.15) is 0 Å². The number of methoxy groups -OCH3 is 1. The number of rotatable bonds is 7. The van der Waals surface area contributed by atoms with Crippen molar-refractivity contribution in [3.8, 4) is 0 Å². The van der Waals surface area contributed by atoms with Crippen LogP contribution in [0.3, 0.4) is 0 Å². The summed E-state index contributed by atoms with van der Waals surface area (Å²) in [6.07, 6.45) is 0.207. The topological polar surface area (TPSA) is 30.5 Å². The maximum Gasteiger partial charge on any atom is 0.0780 e. The zero-order valence-corrected chi connectivity index (χ0v) is 7.72. The molecule has 0 fully saturated rings. The zero-order chi connectivity index (χ0) is 8.53. The third-order valence-electron chi connectivity index (χ3n) is 1.33. The average molecular weight is 161 g/mol. The van der Waals surface area contributed by atoms with Crippen LogP contribution in [0.25, 0.3) is 0 Å². The van der Waals surface area contributed by atoms with E-state index in [1.54, 1.807) is 7.11 Å². The molecule has 0 amide bonds. The Morgan fingerprint density at radius 2 is 2.18 bits per heavy atom. The summed E-state index contributed by atoms with van der Waals surface area (Å²) in [5.41, 5.74) is 0. The third-order valence-corrected chi connectivity index (χ3v) is 1.33. The van der Waals surface area contributed by atoms with Crippen molar-refractivity contribution in [1.82, 2.24) is 5.32 Å². The highest BCUT2D eigenvalue weighted by atomic mass is 16.5. The van der Waals surface area contributed by atoms with Crippen molar-refractivity contribution in [2.75, 3.05) is 33.4 Å². The molecular weight excluding hydrogens is 142 g/mol. The molecule has 68 valence electrons. The summed E-state index contributed by atoms with van der Waals surface area (Å²) in [4.78, 5) is 0. The van der Waals surface area contributed by atoms with Crippen LogP contribution in [0.1, 0.15) is 13.8 Å². The fraction of sp³-hybridized carbons (Fsp3) is 1.00. The van der Waals surface area contributed by atoms with Crippen molar-refractivity contribution in [3.63, 3.8) is 0 Å². The van der Waals surface area contributed by atoms with Crippen molar-refractivity contribution in [3.05, 3.63) is 0 Å². The minimum atomic E-state index is 0.207. The highest BCUT2D eigenvalue weighted by Crippen LogP contribution is 1.89. The molecule has 1 N–H and O–H groups in total. The second-order valence-corrected chi connectivity index (χ2v) is 2.49. The van der Waals surface area contributed by atoms with Crippen LogP contribution in [0.2, 0.25) is 0 Å². The van der Waals surface area contributed by atoms with E-state index in [4.69, 9.17) is 9.47 Å². The summed E-state index contributed by atoms with van der Waals surface area (Å²) in [5, 5.41) is 3.18. The lowest BCUT2D eigenvalue weighted by atomic mass is 10.4. The summed E-state index contributed by atoms with van der Waals surface area (Å²) in [7, 11) is 1.68. The van der Waals surface area contributed by atoms with Crippen molar-refractivity contribution < 1.29 is 9.47 Å². The molecule has 0 spiro atoms. The predicted molar refractivity (Wildman–Crippen MR) is 45.8 cm³/mol. The molecule has 0 aliphatic heterocycles. The molecule has 0 bridgehead atoms. The smallest absolute Gasteiger partial charge is 0.0780 e. The number of likely N-dealkylation sites (N-methyl/N-ethyl adjacent to an activating group) is 1. The van der Waals surface area contributed by atoms with Crippen molar-refractivity contribution in [1.29, 1.82) is 0 Å². The van der Waals surface area contributed by atoms with Crippen LogP contribution in [0.5, 0.6) is 0 Å². The Morgan fingerprint density at radius 3 is 2.73 bits per heavy atom. The van der Waals surface area contributed by atoms with E-state index in [9.17, 15) is 0 Å². The molecule has 0 aromatic carbocycles. The molecular formula is C8H19NO2. The fourth-order valence-corrected chi connectivity index (χ4v) is 0.792. The molecule has 0 aliphatic rings. The standard InChI is InChI=1S/C8H19NO2/c1-4-9-5-6-11-8(2)7-10-3/h8-9H,4-7H2,1-3H3. The minimum absolute atomic E-state index is 0.207. The number of hydrogen-bond acceptors (Lipinski definition) is 3. The molecule has 0 aromatic heterocycles. The molecule has 1 unspecified atom stereocenters. The third kappa shape index (κ3) is 7.78. The van der Waals surface area contributed by atoms with Gasteiger partial charge in [-0.3, -0.25) is 0 Å². The van der Waals surface area contributed by atoms with E-state index in [1.807, 2.05) is 6.92 Å². The number of ether oxygens (including phenoxy) is 2. The Bertz CT molecular complexity index is 78.5. The molecule has 0 saturated heterocycles. The van der Waals surface area contributed by atoms with Crippen LogP contribution in [0.4, 0.5) is 0 Å². The quantitative estimate of drug-likeness (QED) is 0.556. The van der Waals surface area contributed by atoms with Gasteiger partial charge in [0.05, 0.1) is 19.3 Å². The van der Waals surface area contributed by atoms with Crippen LogP contribution in [-0.2, 0) is 9.47 Å². The molecule has 11 heavy (non-hydrogen) atoms. The summed E-state index contributed by atoms with van der Waals surface area (Å²) in [6.45, 7) is 7.45. The van der Waals surface area contributed by atoms with E-state index < -0.39 is 0 Å². The minimum Gasteiger partial charge on any atom is -0.382 e. The van der Waals surface area contributed by atoms with Gasteiger partial charge in [0, 0.05) is 13.7 Å². The summed E-state index contributed by atoms with van der Waals surface area (Å²) in [6, 6.07) is 0. The molecule has 3 heteroatoms. The molecule has 3 nitrogen and oxygen atoms in total. The van der Waals surface area contributed by atoms with Gasteiger partial charge < -0.3 is 14.8 Å². The van der Waals surface area contributed by atoms with Crippen LogP contribution in [0, 0.1) is 0 Å². The van der Waals surface area contributed by atoms with Crippen LogP contribution in [0.15, 0.2) is 0 Å². The van der Waals surface area contributed by atoms with Gasteiger partial charge >= 0.3 is 0 Å². The summed E-state index contributed by atoms with van der Waals surface area (Å²) < 4.78 is 10.3. The average Bonchev–Trinajstić information content (AvgIpc) is 1.99. The number of nitrogens with one attached hydrogen (secondary N) is 1. The first-order valence-electron chi connectivity index (χ1n) is 4.12. The van der Waals surface area contributed by atoms with Crippen molar-refractivity contribution >= 4 is 0 Å². The van der Waals surface area contributed by atoms with Gasteiger partial charge in [-0.05, 0) is 13.5 Å². The SMILES string of the molecule is CCNCCOC(C)COC. The van der Waals surface area contributed by atoms with E-state index >= 15 is 0 Å². The Morgan fingerprint density at radius 1 is 1.45 bits per heavy atom. The summed E-state index contributed by atoms with van der Waals surface area (Å²) >= 11 is 0. The molecule has 1 atom stereocenters. The largest absolute Gasteiger partial charge is 0.382 e. The van der Waals surface area contributed by atoms with E-state index in [2.05, 4.69) is 12.2 Å². The van der Waals surface area contributed by atoms with Gasteiger partial charge in [-0.25, -0.2) is 0 Å². The lowest BCUT2D eigenvalue weighted by Gasteiger charge is -2.11. The van der Waals surface area contributed by atoms with Gasteiger partial charge in [-0.1, -0.05) is 6.92 Å². The first kappa shape index (κ1) is 10.9. The maximum absolute atomic E-state index is 5.40. The maximum atomic E-state index is 5.40. The van der Waals surface area contributed by atoms with E-state index in [0.29, 0.717) is 6.61 Å². The lowest BCUT2D eigenvalue weighted by molar-refractivity contribution is 0.0109. The molecule has 0 radical (unpaired) electrons. The lowest BCUT2D eigenvalue weighted by Crippen LogP contribution is -2.23. The molecule has 0 aromatic rings. The second-order valence-electron chi connectivity index (χ2n) is 2.49. The van der Waals surface area contributed by atoms with Gasteiger partial charge in [0.1, 0.15) is 0 Å². The highest BCUT2D eigenvalue weighted by Gasteiger charge is 1.98. The number of hydrogen-bond donors (Lipinski definition) is 1. The predicted octanol–water partition coefficient (Wildman–Crippen LogP) is 0.647. The van der Waals surface area contributed by atoms with Crippen molar-refractivity contribution in [2.24, 2.45) is 0 Å². The van der Waals surface area contributed by atoms with E-state index in [0.717, 1.165) is 19.7 Å². The summed E-state index contributed by atoms with van der Waals surface area (Å²) in [5.74, 6) is 0. The van der Waals surface area contributed by atoms with Gasteiger partial charge in [-0.15, -0.1) is 0 Å². The Labute approximate surface area is 69.1 Å². The van der Waals surface area contributed by atoms with Gasteiger partial charge in [0.2, 0.25) is 0 Å². The van der Waals surface area contributed by atoms with Crippen LogP contribution >= 0.6 is 0 Å². The van der Waals surface area contributed by atoms with Crippen LogP contribution in [-0.4, -0.2) is 39.5 Å². The first-order chi connectivity index (χ1) is 5.31. The molecule has 0 aliphatic carbocycles. The highest BCUT2D eigenvalue weighted by molar-refractivity contribution is 4.47. The monoisotopic (exact) mass is 161 g/mol. The van der Waals surface area contributed by atoms with Crippen molar-refractivity contribution in [2.45, 2.75) is 20.0 Å². The normalized spacial score (nSPS) is 13.4. The molecule has 0 saturated carbocycles. The zero-order valence-electron chi connectivity index (χ0n) is 7.72. The van der Waals surface area contributed by atoms with E-state index in [1.165, 1.54) is 0 Å². The first-order valence-corrected chi connectivity index (χ1v) is 4.12.